The molecule has 0 saturated carbocycles. The summed E-state index contributed by atoms with van der Waals surface area (Å²) in [4.78, 5) is 11.7. The zero-order valence-electron chi connectivity index (χ0n) is 12.0. The summed E-state index contributed by atoms with van der Waals surface area (Å²) in [5.41, 5.74) is 6.04. The minimum Gasteiger partial charge on any atom is -0.396 e. The first kappa shape index (κ1) is 16.8. The maximum atomic E-state index is 13.0. The van der Waals surface area contributed by atoms with E-state index in [1.807, 2.05) is 11.8 Å². The van der Waals surface area contributed by atoms with Gasteiger partial charge in [-0.3, -0.25) is 4.79 Å². The van der Waals surface area contributed by atoms with Gasteiger partial charge in [0.05, 0.1) is 5.69 Å². The Kier molecular flexibility index (Phi) is 8.11. The molecule has 0 aliphatic heterocycles. The number of carbonyl (C=O) groups excluding carboxylic acids is 1. The zero-order chi connectivity index (χ0) is 14.8. The number of amides is 1. The number of carbonyl (C=O) groups is 1. The lowest BCUT2D eigenvalue weighted by atomic mass is 10.2. The van der Waals surface area contributed by atoms with Crippen molar-refractivity contribution in [1.29, 1.82) is 0 Å². The van der Waals surface area contributed by atoms with Gasteiger partial charge in [-0.1, -0.05) is 19.8 Å². The third kappa shape index (κ3) is 6.80. The number of anilines is 2. The van der Waals surface area contributed by atoms with Gasteiger partial charge in [-0.05, 0) is 42.5 Å². The number of rotatable bonds is 9. The van der Waals surface area contributed by atoms with Crippen LogP contribution in [0.25, 0.3) is 0 Å². The number of unbranched alkanes of at least 4 members (excludes halogenated alkanes) is 2. The fourth-order valence-corrected chi connectivity index (χ4v) is 2.70. The Hall–Kier alpha value is -1.23. The van der Waals surface area contributed by atoms with Crippen LogP contribution in [0.1, 0.15) is 39.0 Å². The first-order valence-electron chi connectivity index (χ1n) is 7.06. The van der Waals surface area contributed by atoms with Gasteiger partial charge in [0.25, 0.3) is 0 Å². The number of nitrogens with two attached hydrogens (primary N) is 1. The van der Waals surface area contributed by atoms with E-state index < -0.39 is 5.82 Å². The molecule has 1 amide bonds. The van der Waals surface area contributed by atoms with E-state index in [2.05, 4.69) is 12.2 Å². The molecule has 0 aliphatic rings. The molecule has 112 valence electrons. The van der Waals surface area contributed by atoms with Crippen molar-refractivity contribution in [1.82, 2.24) is 0 Å². The minimum absolute atomic E-state index is 0.0503. The Morgan fingerprint density at radius 2 is 2.05 bits per heavy atom. The minimum atomic E-state index is -0.466. The van der Waals surface area contributed by atoms with E-state index in [9.17, 15) is 9.18 Å². The summed E-state index contributed by atoms with van der Waals surface area (Å²) in [5, 5.41) is 2.73. The van der Waals surface area contributed by atoms with Crippen molar-refractivity contribution in [3.05, 3.63) is 24.0 Å². The van der Waals surface area contributed by atoms with Crippen LogP contribution in [-0.4, -0.2) is 17.4 Å². The smallest absolute Gasteiger partial charge is 0.224 e. The first-order valence-corrected chi connectivity index (χ1v) is 8.21. The Morgan fingerprint density at radius 1 is 1.30 bits per heavy atom. The molecule has 20 heavy (non-hydrogen) atoms. The van der Waals surface area contributed by atoms with Crippen molar-refractivity contribution >= 4 is 29.0 Å². The van der Waals surface area contributed by atoms with Gasteiger partial charge in [0, 0.05) is 12.1 Å². The molecule has 3 nitrogen and oxygen atoms in total. The molecular weight excluding hydrogens is 275 g/mol. The molecule has 0 bridgehead atoms. The molecule has 0 unspecified atom stereocenters. The van der Waals surface area contributed by atoms with Gasteiger partial charge in [-0.25, -0.2) is 4.39 Å². The Labute approximate surface area is 124 Å². The Morgan fingerprint density at radius 3 is 2.75 bits per heavy atom. The molecule has 5 heteroatoms. The largest absolute Gasteiger partial charge is 0.396 e. The van der Waals surface area contributed by atoms with Gasteiger partial charge < -0.3 is 11.1 Å². The van der Waals surface area contributed by atoms with Crippen molar-refractivity contribution in [2.75, 3.05) is 22.6 Å². The maximum Gasteiger partial charge on any atom is 0.224 e. The van der Waals surface area contributed by atoms with Crippen LogP contribution in [0.5, 0.6) is 0 Å². The SMILES string of the molecule is CCCCCSCCCC(=O)Nc1ccc(F)c(N)c1. The molecule has 0 spiro atoms. The standard InChI is InChI=1S/C15H23FN2OS/c1-2-3-4-9-20-10-5-6-15(19)18-12-7-8-13(16)14(17)11-12/h7-8,11H,2-6,9-10,17H2,1H3,(H,18,19). The molecule has 0 radical (unpaired) electrons. The lowest BCUT2D eigenvalue weighted by Crippen LogP contribution is -2.11. The molecule has 0 heterocycles. The molecule has 0 fully saturated rings. The van der Waals surface area contributed by atoms with Crippen LogP contribution in [0.2, 0.25) is 0 Å². The monoisotopic (exact) mass is 298 g/mol. The number of hydrogen-bond donors (Lipinski definition) is 2. The van der Waals surface area contributed by atoms with E-state index in [4.69, 9.17) is 5.73 Å². The second-order valence-corrected chi connectivity index (χ2v) is 5.93. The fraction of sp³-hybridized carbons (Fsp3) is 0.533. The average Bonchev–Trinajstić information content (AvgIpc) is 2.42. The van der Waals surface area contributed by atoms with E-state index in [0.717, 1.165) is 12.2 Å². The second kappa shape index (κ2) is 9.64. The number of thioether (sulfide) groups is 1. The van der Waals surface area contributed by atoms with Crippen molar-refractivity contribution in [2.45, 2.75) is 39.0 Å². The lowest BCUT2D eigenvalue weighted by molar-refractivity contribution is -0.116. The highest BCUT2D eigenvalue weighted by molar-refractivity contribution is 7.99. The summed E-state index contributed by atoms with van der Waals surface area (Å²) >= 11 is 1.90. The second-order valence-electron chi connectivity index (χ2n) is 4.71. The summed E-state index contributed by atoms with van der Waals surface area (Å²) in [6, 6.07) is 4.21. The summed E-state index contributed by atoms with van der Waals surface area (Å²) < 4.78 is 13.0. The van der Waals surface area contributed by atoms with Gasteiger partial charge in [0.15, 0.2) is 0 Å². The van der Waals surface area contributed by atoms with Crippen LogP contribution in [-0.2, 0) is 4.79 Å². The number of hydrogen-bond acceptors (Lipinski definition) is 3. The number of halogens is 1. The fourth-order valence-electron chi connectivity index (χ4n) is 1.74. The predicted molar refractivity (Wildman–Crippen MR) is 85.5 cm³/mol. The summed E-state index contributed by atoms with van der Waals surface area (Å²) in [6.07, 6.45) is 5.11. The molecule has 0 atom stereocenters. The summed E-state index contributed by atoms with van der Waals surface area (Å²) in [7, 11) is 0. The number of nitrogen functional groups attached to an aromatic ring is 1. The average molecular weight is 298 g/mol. The third-order valence-corrected chi connectivity index (χ3v) is 4.02. The molecule has 0 saturated heterocycles. The molecule has 1 aromatic rings. The van der Waals surface area contributed by atoms with E-state index in [1.54, 1.807) is 0 Å². The predicted octanol–water partition coefficient (Wildman–Crippen LogP) is 4.05. The van der Waals surface area contributed by atoms with Crippen molar-refractivity contribution in [3.63, 3.8) is 0 Å². The molecule has 3 N–H and O–H groups in total. The number of nitrogens with one attached hydrogen (secondary N) is 1. The summed E-state index contributed by atoms with van der Waals surface area (Å²) in [5.74, 6) is 1.66. The highest BCUT2D eigenvalue weighted by Gasteiger charge is 2.04. The maximum absolute atomic E-state index is 13.0. The first-order chi connectivity index (χ1) is 9.63. The van der Waals surface area contributed by atoms with Crippen LogP contribution in [0.15, 0.2) is 18.2 Å². The van der Waals surface area contributed by atoms with Crippen molar-refractivity contribution in [2.24, 2.45) is 0 Å². The topological polar surface area (TPSA) is 55.1 Å². The van der Waals surface area contributed by atoms with E-state index in [0.29, 0.717) is 12.1 Å². The van der Waals surface area contributed by atoms with Crippen molar-refractivity contribution < 1.29 is 9.18 Å². The third-order valence-electron chi connectivity index (χ3n) is 2.86. The lowest BCUT2D eigenvalue weighted by Gasteiger charge is -2.06. The Bertz CT molecular complexity index is 426. The summed E-state index contributed by atoms with van der Waals surface area (Å²) in [6.45, 7) is 2.19. The van der Waals surface area contributed by atoms with E-state index in [1.165, 1.54) is 43.2 Å². The van der Waals surface area contributed by atoms with Crippen LogP contribution in [0, 0.1) is 5.82 Å². The molecule has 1 aromatic carbocycles. The normalized spacial score (nSPS) is 10.5. The van der Waals surface area contributed by atoms with Crippen LogP contribution in [0.4, 0.5) is 15.8 Å². The molecule has 0 aliphatic carbocycles. The van der Waals surface area contributed by atoms with Gasteiger partial charge in [0.1, 0.15) is 5.82 Å². The van der Waals surface area contributed by atoms with Gasteiger partial charge in [-0.15, -0.1) is 0 Å². The molecular formula is C15H23FN2OS. The zero-order valence-corrected chi connectivity index (χ0v) is 12.8. The van der Waals surface area contributed by atoms with Crippen LogP contribution < -0.4 is 11.1 Å². The highest BCUT2D eigenvalue weighted by Crippen LogP contribution is 2.17. The van der Waals surface area contributed by atoms with Gasteiger partial charge in [0.2, 0.25) is 5.91 Å². The molecule has 1 rings (SSSR count). The number of benzene rings is 1. The van der Waals surface area contributed by atoms with Crippen LogP contribution in [0.3, 0.4) is 0 Å². The van der Waals surface area contributed by atoms with Crippen molar-refractivity contribution in [3.8, 4) is 0 Å². The van der Waals surface area contributed by atoms with Crippen LogP contribution >= 0.6 is 11.8 Å². The quantitative estimate of drug-likeness (QED) is 0.534. The Balaban J connectivity index is 2.15. The molecule has 0 aromatic heterocycles. The van der Waals surface area contributed by atoms with E-state index >= 15 is 0 Å². The highest BCUT2D eigenvalue weighted by atomic mass is 32.2. The van der Waals surface area contributed by atoms with Gasteiger partial charge >= 0.3 is 0 Å². The van der Waals surface area contributed by atoms with Gasteiger partial charge in [-0.2, -0.15) is 11.8 Å². The van der Waals surface area contributed by atoms with E-state index in [-0.39, 0.29) is 11.6 Å².